The van der Waals surface area contributed by atoms with Gasteiger partial charge in [0, 0.05) is 12.0 Å². The van der Waals surface area contributed by atoms with E-state index < -0.39 is 12.0 Å². The number of rotatable bonds is 5. The molecule has 1 unspecified atom stereocenters. The highest BCUT2D eigenvalue weighted by molar-refractivity contribution is 5.99. The van der Waals surface area contributed by atoms with E-state index in [-0.39, 0.29) is 12.2 Å². The van der Waals surface area contributed by atoms with Gasteiger partial charge in [0.1, 0.15) is 6.04 Å². The molecule has 0 spiro atoms. The van der Waals surface area contributed by atoms with Crippen LogP contribution in [-0.2, 0) is 4.79 Å². The molecule has 102 valence electrons. The Morgan fingerprint density at radius 2 is 1.50 bits per heavy atom. The molecule has 0 aliphatic heterocycles. The summed E-state index contributed by atoms with van der Waals surface area (Å²) in [6, 6.07) is 15.7. The zero-order valence-electron chi connectivity index (χ0n) is 10.8. The first kappa shape index (κ1) is 14.0. The molecule has 3 N–H and O–H groups in total. The summed E-state index contributed by atoms with van der Waals surface area (Å²) in [5.74, 6) is -1.43. The molecule has 4 heteroatoms. The molecule has 2 aromatic carbocycles. The minimum absolute atomic E-state index is 0.194. The Morgan fingerprint density at radius 3 is 2.05 bits per heavy atom. The van der Waals surface area contributed by atoms with E-state index in [1.807, 2.05) is 42.5 Å². The molecule has 4 nitrogen and oxygen atoms in total. The van der Waals surface area contributed by atoms with Gasteiger partial charge in [0.05, 0.1) is 0 Å². The lowest BCUT2D eigenvalue weighted by Gasteiger charge is -2.06. The Morgan fingerprint density at radius 1 is 0.950 bits per heavy atom. The average molecular weight is 269 g/mol. The van der Waals surface area contributed by atoms with Gasteiger partial charge in [0.2, 0.25) is 0 Å². The largest absolute Gasteiger partial charge is 0.480 e. The minimum atomic E-state index is -1.17. The third-order valence-corrected chi connectivity index (χ3v) is 3.04. The van der Waals surface area contributed by atoms with E-state index >= 15 is 0 Å². The van der Waals surface area contributed by atoms with Crippen molar-refractivity contribution in [3.05, 3.63) is 60.2 Å². The van der Waals surface area contributed by atoms with Crippen LogP contribution in [-0.4, -0.2) is 22.9 Å². The number of carbonyl (C=O) groups excluding carboxylic acids is 1. The molecule has 20 heavy (non-hydrogen) atoms. The molecule has 0 amide bonds. The van der Waals surface area contributed by atoms with E-state index in [0.29, 0.717) is 5.56 Å². The van der Waals surface area contributed by atoms with Gasteiger partial charge in [-0.05, 0) is 11.1 Å². The third-order valence-electron chi connectivity index (χ3n) is 3.04. The fourth-order valence-corrected chi connectivity index (χ4v) is 1.88. The Kier molecular flexibility index (Phi) is 4.27. The van der Waals surface area contributed by atoms with E-state index in [9.17, 15) is 9.59 Å². The van der Waals surface area contributed by atoms with Crippen LogP contribution >= 0.6 is 0 Å². The van der Waals surface area contributed by atoms with Crippen molar-refractivity contribution >= 4 is 11.8 Å². The molecule has 0 bridgehead atoms. The topological polar surface area (TPSA) is 80.4 Å². The van der Waals surface area contributed by atoms with Gasteiger partial charge in [0.25, 0.3) is 0 Å². The van der Waals surface area contributed by atoms with E-state index in [4.69, 9.17) is 10.8 Å². The second-order valence-electron chi connectivity index (χ2n) is 4.52. The van der Waals surface area contributed by atoms with Crippen LogP contribution in [0.3, 0.4) is 0 Å². The Labute approximate surface area is 116 Å². The Hall–Kier alpha value is -2.46. The maximum absolute atomic E-state index is 11.9. The van der Waals surface area contributed by atoms with Gasteiger partial charge in [-0.3, -0.25) is 9.59 Å². The first-order valence-electron chi connectivity index (χ1n) is 6.25. The van der Waals surface area contributed by atoms with Crippen LogP contribution in [0.2, 0.25) is 0 Å². The summed E-state index contributed by atoms with van der Waals surface area (Å²) in [6.45, 7) is 0. The molecule has 0 aliphatic rings. The van der Waals surface area contributed by atoms with E-state index in [0.717, 1.165) is 11.1 Å². The van der Waals surface area contributed by atoms with Crippen molar-refractivity contribution in [2.75, 3.05) is 0 Å². The molecular formula is C16H15NO3. The van der Waals surface area contributed by atoms with Gasteiger partial charge in [-0.15, -0.1) is 0 Å². The number of carboxylic acids is 1. The number of nitrogens with two attached hydrogens (primary N) is 1. The highest BCUT2D eigenvalue weighted by Crippen LogP contribution is 2.19. The molecule has 2 rings (SSSR count). The monoisotopic (exact) mass is 269 g/mol. The minimum Gasteiger partial charge on any atom is -0.480 e. The summed E-state index contributed by atoms with van der Waals surface area (Å²) in [7, 11) is 0. The predicted molar refractivity (Wildman–Crippen MR) is 76.4 cm³/mol. The molecular weight excluding hydrogens is 254 g/mol. The number of hydrogen-bond donors (Lipinski definition) is 2. The number of Topliss-reactive ketones (excluding diaryl/α,β-unsaturated/α-hetero) is 1. The lowest BCUT2D eigenvalue weighted by molar-refractivity contribution is -0.138. The summed E-state index contributed by atoms with van der Waals surface area (Å²) in [6.07, 6.45) is -0.194. The van der Waals surface area contributed by atoms with Crippen LogP contribution in [0.25, 0.3) is 11.1 Å². The SMILES string of the molecule is NC(CC(=O)c1ccc(-c2ccccc2)cc1)C(=O)O. The average Bonchev–Trinajstić information content (AvgIpc) is 2.48. The number of benzene rings is 2. The predicted octanol–water partition coefficient (Wildman–Crippen LogP) is 2.34. The zero-order valence-corrected chi connectivity index (χ0v) is 10.8. The van der Waals surface area contributed by atoms with Crippen molar-refractivity contribution < 1.29 is 14.7 Å². The van der Waals surface area contributed by atoms with Gasteiger partial charge in [-0.2, -0.15) is 0 Å². The molecule has 0 heterocycles. The molecule has 0 fully saturated rings. The van der Waals surface area contributed by atoms with Crippen molar-refractivity contribution in [1.82, 2.24) is 0 Å². The zero-order chi connectivity index (χ0) is 14.5. The van der Waals surface area contributed by atoms with Crippen LogP contribution < -0.4 is 5.73 Å². The first-order valence-corrected chi connectivity index (χ1v) is 6.25. The van der Waals surface area contributed by atoms with Crippen LogP contribution in [0.4, 0.5) is 0 Å². The summed E-state index contributed by atoms with van der Waals surface area (Å²) in [5, 5.41) is 8.69. The lowest BCUT2D eigenvalue weighted by atomic mass is 10.00. The van der Waals surface area contributed by atoms with E-state index in [2.05, 4.69) is 0 Å². The van der Waals surface area contributed by atoms with Crippen LogP contribution in [0, 0.1) is 0 Å². The summed E-state index contributed by atoms with van der Waals surface area (Å²) < 4.78 is 0. The molecule has 0 saturated carbocycles. The van der Waals surface area contributed by atoms with Gasteiger partial charge in [0.15, 0.2) is 5.78 Å². The van der Waals surface area contributed by atoms with Crippen LogP contribution in [0.15, 0.2) is 54.6 Å². The summed E-state index contributed by atoms with van der Waals surface area (Å²) in [5.41, 5.74) is 7.90. The van der Waals surface area contributed by atoms with Crippen molar-refractivity contribution in [3.8, 4) is 11.1 Å². The molecule has 0 radical (unpaired) electrons. The second-order valence-corrected chi connectivity index (χ2v) is 4.52. The number of carbonyl (C=O) groups is 2. The fraction of sp³-hybridized carbons (Fsp3) is 0.125. The molecule has 0 aromatic heterocycles. The number of carboxylic acid groups (broad SMARTS) is 1. The van der Waals surface area contributed by atoms with Crippen molar-refractivity contribution in [2.24, 2.45) is 5.73 Å². The maximum Gasteiger partial charge on any atom is 0.320 e. The quantitative estimate of drug-likeness (QED) is 0.816. The second kappa shape index (κ2) is 6.12. The van der Waals surface area contributed by atoms with Crippen LogP contribution in [0.1, 0.15) is 16.8 Å². The van der Waals surface area contributed by atoms with Gasteiger partial charge in [-0.25, -0.2) is 0 Å². The van der Waals surface area contributed by atoms with Crippen LogP contribution in [0.5, 0.6) is 0 Å². The molecule has 2 aromatic rings. The van der Waals surface area contributed by atoms with E-state index in [1.165, 1.54) is 0 Å². The van der Waals surface area contributed by atoms with Crippen molar-refractivity contribution in [3.63, 3.8) is 0 Å². The third kappa shape index (κ3) is 3.30. The Balaban J connectivity index is 2.12. The maximum atomic E-state index is 11.9. The highest BCUT2D eigenvalue weighted by Gasteiger charge is 2.17. The van der Waals surface area contributed by atoms with E-state index in [1.54, 1.807) is 12.1 Å². The lowest BCUT2D eigenvalue weighted by Crippen LogP contribution is -2.32. The van der Waals surface area contributed by atoms with Gasteiger partial charge >= 0.3 is 5.97 Å². The van der Waals surface area contributed by atoms with Crippen molar-refractivity contribution in [1.29, 1.82) is 0 Å². The number of ketones is 1. The molecule has 1 atom stereocenters. The highest BCUT2D eigenvalue weighted by atomic mass is 16.4. The first-order chi connectivity index (χ1) is 9.58. The summed E-state index contributed by atoms with van der Waals surface area (Å²) in [4.78, 5) is 22.5. The summed E-state index contributed by atoms with van der Waals surface area (Å²) >= 11 is 0. The smallest absolute Gasteiger partial charge is 0.320 e. The van der Waals surface area contributed by atoms with Gasteiger partial charge in [-0.1, -0.05) is 54.6 Å². The van der Waals surface area contributed by atoms with Gasteiger partial charge < -0.3 is 10.8 Å². The number of hydrogen-bond acceptors (Lipinski definition) is 3. The number of aliphatic carboxylic acids is 1. The fourth-order valence-electron chi connectivity index (χ4n) is 1.88. The standard InChI is InChI=1S/C16H15NO3/c17-14(16(19)20)10-15(18)13-8-6-12(7-9-13)11-4-2-1-3-5-11/h1-9,14H,10,17H2,(H,19,20). The van der Waals surface area contributed by atoms with Crippen molar-refractivity contribution in [2.45, 2.75) is 12.5 Å². The Bertz CT molecular complexity index is 605. The molecule has 0 saturated heterocycles. The normalized spacial score (nSPS) is 11.8. The molecule has 0 aliphatic carbocycles.